The third kappa shape index (κ3) is 3.55. The van der Waals surface area contributed by atoms with Crippen molar-refractivity contribution in [1.82, 2.24) is 9.78 Å². The fraction of sp³-hybridized carbons (Fsp3) is 0.357. The summed E-state index contributed by atoms with van der Waals surface area (Å²) in [7, 11) is 1.34. The summed E-state index contributed by atoms with van der Waals surface area (Å²) in [4.78, 5) is 10.5. The van der Waals surface area contributed by atoms with Crippen molar-refractivity contribution < 1.29 is 23.2 Å². The first-order valence-corrected chi connectivity index (χ1v) is 6.63. The molecule has 0 fully saturated rings. The van der Waals surface area contributed by atoms with E-state index in [4.69, 9.17) is 4.74 Å². The van der Waals surface area contributed by atoms with Gasteiger partial charge in [-0.2, -0.15) is 13.9 Å². The van der Waals surface area contributed by atoms with Crippen LogP contribution in [-0.2, 0) is 6.54 Å². The summed E-state index contributed by atoms with van der Waals surface area (Å²) in [5, 5.41) is 15.1. The fourth-order valence-corrected chi connectivity index (χ4v) is 2.28. The third-order valence-corrected chi connectivity index (χ3v) is 3.30. The Morgan fingerprint density at radius 3 is 2.57 bits per heavy atom. The van der Waals surface area contributed by atoms with Gasteiger partial charge in [-0.25, -0.2) is 0 Å². The number of rotatable bonds is 6. The fourth-order valence-electron chi connectivity index (χ4n) is 2.28. The molecule has 0 atom stereocenters. The molecule has 0 bridgehead atoms. The number of hydrogen-bond acceptors (Lipinski definition) is 5. The monoisotopic (exact) mass is 327 g/mol. The van der Waals surface area contributed by atoms with Gasteiger partial charge in [0, 0.05) is 0 Å². The average molecular weight is 327 g/mol. The van der Waals surface area contributed by atoms with Crippen molar-refractivity contribution in [3.63, 3.8) is 0 Å². The number of ether oxygens (including phenoxy) is 2. The molecular formula is C14H15F2N3O4. The van der Waals surface area contributed by atoms with E-state index in [9.17, 15) is 18.9 Å². The number of nitrogens with zero attached hydrogens (tertiary/aromatic N) is 3. The van der Waals surface area contributed by atoms with Crippen molar-refractivity contribution in [2.75, 3.05) is 7.11 Å². The lowest BCUT2D eigenvalue weighted by Crippen LogP contribution is -2.06. The molecule has 0 unspecified atom stereocenters. The number of alkyl halides is 2. The van der Waals surface area contributed by atoms with Gasteiger partial charge in [-0.1, -0.05) is 6.07 Å². The highest BCUT2D eigenvalue weighted by Crippen LogP contribution is 2.30. The molecule has 23 heavy (non-hydrogen) atoms. The van der Waals surface area contributed by atoms with E-state index in [0.717, 1.165) is 0 Å². The number of aryl methyl sites for hydroxylation is 1. The lowest BCUT2D eigenvalue weighted by Gasteiger charge is -2.11. The summed E-state index contributed by atoms with van der Waals surface area (Å²) in [5.74, 6) is 0.0735. The first-order valence-electron chi connectivity index (χ1n) is 6.63. The number of nitro groups is 1. The molecule has 0 saturated carbocycles. The van der Waals surface area contributed by atoms with Gasteiger partial charge < -0.3 is 9.47 Å². The van der Waals surface area contributed by atoms with Gasteiger partial charge in [0.15, 0.2) is 11.5 Å². The van der Waals surface area contributed by atoms with E-state index in [-0.39, 0.29) is 23.7 Å². The van der Waals surface area contributed by atoms with Crippen LogP contribution in [0.25, 0.3) is 0 Å². The van der Waals surface area contributed by atoms with E-state index in [1.165, 1.54) is 23.9 Å². The van der Waals surface area contributed by atoms with Crippen LogP contribution in [-0.4, -0.2) is 28.4 Å². The molecule has 1 aromatic heterocycles. The van der Waals surface area contributed by atoms with Crippen LogP contribution in [0.5, 0.6) is 11.5 Å². The molecule has 7 nitrogen and oxygen atoms in total. The second-order valence-corrected chi connectivity index (χ2v) is 4.80. The number of benzene rings is 1. The maximum atomic E-state index is 12.3. The van der Waals surface area contributed by atoms with E-state index in [1.807, 2.05) is 0 Å². The molecule has 0 radical (unpaired) electrons. The van der Waals surface area contributed by atoms with Crippen LogP contribution in [0.3, 0.4) is 0 Å². The standard InChI is InChI=1S/C14H15F2N3O4/c1-8-13(19(20)21)9(2)18(17-8)7-10-4-5-11(23-14(15)16)12(6-10)22-3/h4-6,14H,7H2,1-3H3. The van der Waals surface area contributed by atoms with E-state index in [1.54, 1.807) is 19.9 Å². The molecule has 0 aliphatic rings. The van der Waals surface area contributed by atoms with Crippen LogP contribution >= 0.6 is 0 Å². The third-order valence-electron chi connectivity index (χ3n) is 3.30. The molecule has 1 heterocycles. The lowest BCUT2D eigenvalue weighted by molar-refractivity contribution is -0.386. The maximum Gasteiger partial charge on any atom is 0.387 e. The molecule has 0 amide bonds. The normalized spacial score (nSPS) is 10.9. The summed E-state index contributed by atoms with van der Waals surface area (Å²) in [5.41, 5.74) is 1.38. The summed E-state index contributed by atoms with van der Waals surface area (Å²) in [6.45, 7) is 0.450. The first-order chi connectivity index (χ1) is 10.8. The Labute approximate surface area is 130 Å². The van der Waals surface area contributed by atoms with Crippen molar-refractivity contribution in [1.29, 1.82) is 0 Å². The summed E-state index contributed by atoms with van der Waals surface area (Å²) < 4.78 is 35.5. The van der Waals surface area contributed by atoms with Crippen LogP contribution in [0.1, 0.15) is 17.0 Å². The van der Waals surface area contributed by atoms with Gasteiger partial charge in [0.2, 0.25) is 0 Å². The highest BCUT2D eigenvalue weighted by molar-refractivity contribution is 5.44. The SMILES string of the molecule is COc1cc(Cn2nc(C)c([N+](=O)[O-])c2C)ccc1OC(F)F. The Hall–Kier alpha value is -2.71. The Morgan fingerprint density at radius 1 is 1.35 bits per heavy atom. The van der Waals surface area contributed by atoms with E-state index in [0.29, 0.717) is 17.0 Å². The Kier molecular flexibility index (Phi) is 4.77. The van der Waals surface area contributed by atoms with Crippen LogP contribution in [0.15, 0.2) is 18.2 Å². The van der Waals surface area contributed by atoms with Crippen LogP contribution in [0.2, 0.25) is 0 Å². The topological polar surface area (TPSA) is 79.4 Å². The Balaban J connectivity index is 2.31. The maximum absolute atomic E-state index is 12.3. The predicted molar refractivity (Wildman–Crippen MR) is 77.1 cm³/mol. The van der Waals surface area contributed by atoms with Gasteiger partial charge in [0.05, 0.1) is 18.6 Å². The second kappa shape index (κ2) is 6.59. The van der Waals surface area contributed by atoms with Crippen molar-refractivity contribution in [2.45, 2.75) is 27.0 Å². The van der Waals surface area contributed by atoms with Gasteiger partial charge >= 0.3 is 12.3 Å². The zero-order valence-corrected chi connectivity index (χ0v) is 12.7. The molecule has 0 aliphatic heterocycles. The molecule has 9 heteroatoms. The van der Waals surface area contributed by atoms with Gasteiger partial charge in [-0.3, -0.25) is 14.8 Å². The molecule has 2 aromatic rings. The number of halogens is 2. The van der Waals surface area contributed by atoms with E-state index >= 15 is 0 Å². The highest BCUT2D eigenvalue weighted by atomic mass is 19.3. The summed E-state index contributed by atoms with van der Waals surface area (Å²) in [6, 6.07) is 4.46. The van der Waals surface area contributed by atoms with Gasteiger partial charge in [-0.15, -0.1) is 0 Å². The molecular weight excluding hydrogens is 312 g/mol. The number of hydrogen-bond donors (Lipinski definition) is 0. The van der Waals surface area contributed by atoms with Crippen molar-refractivity contribution >= 4 is 5.69 Å². The first kappa shape index (κ1) is 16.7. The highest BCUT2D eigenvalue weighted by Gasteiger charge is 2.22. The summed E-state index contributed by atoms with van der Waals surface area (Å²) >= 11 is 0. The Bertz CT molecular complexity index is 731. The largest absolute Gasteiger partial charge is 0.493 e. The number of aromatic nitrogens is 2. The van der Waals surface area contributed by atoms with Crippen molar-refractivity contribution in [2.24, 2.45) is 0 Å². The molecule has 0 spiro atoms. The van der Waals surface area contributed by atoms with E-state index in [2.05, 4.69) is 9.84 Å². The number of methoxy groups -OCH3 is 1. The zero-order valence-electron chi connectivity index (χ0n) is 12.7. The van der Waals surface area contributed by atoms with Crippen LogP contribution < -0.4 is 9.47 Å². The molecule has 2 rings (SSSR count). The molecule has 0 saturated heterocycles. The van der Waals surface area contributed by atoms with Crippen molar-refractivity contribution in [3.05, 3.63) is 45.3 Å². The molecule has 0 N–H and O–H groups in total. The molecule has 1 aromatic carbocycles. The molecule has 124 valence electrons. The Morgan fingerprint density at radius 2 is 2.04 bits per heavy atom. The van der Waals surface area contributed by atoms with Gasteiger partial charge in [0.1, 0.15) is 11.4 Å². The van der Waals surface area contributed by atoms with Gasteiger partial charge in [0.25, 0.3) is 0 Å². The average Bonchev–Trinajstić information content (AvgIpc) is 2.74. The van der Waals surface area contributed by atoms with Crippen LogP contribution in [0, 0.1) is 24.0 Å². The lowest BCUT2D eigenvalue weighted by atomic mass is 10.2. The van der Waals surface area contributed by atoms with Crippen LogP contribution in [0.4, 0.5) is 14.5 Å². The van der Waals surface area contributed by atoms with Gasteiger partial charge in [-0.05, 0) is 31.5 Å². The quantitative estimate of drug-likeness (QED) is 0.602. The zero-order chi connectivity index (χ0) is 17.1. The minimum absolute atomic E-state index is 0.0328. The second-order valence-electron chi connectivity index (χ2n) is 4.80. The van der Waals surface area contributed by atoms with E-state index < -0.39 is 11.5 Å². The predicted octanol–water partition coefficient (Wildman–Crippen LogP) is 3.07. The van der Waals surface area contributed by atoms with Crippen molar-refractivity contribution in [3.8, 4) is 11.5 Å². The minimum atomic E-state index is -2.95. The minimum Gasteiger partial charge on any atom is -0.493 e. The smallest absolute Gasteiger partial charge is 0.387 e. The molecule has 0 aliphatic carbocycles. The summed E-state index contributed by atoms with van der Waals surface area (Å²) in [6.07, 6.45) is 0.